The van der Waals surface area contributed by atoms with Gasteiger partial charge in [0.15, 0.2) is 0 Å². The molecule has 0 saturated heterocycles. The van der Waals surface area contributed by atoms with Crippen molar-refractivity contribution in [1.29, 1.82) is 0 Å². The molecule has 3 heterocycles. The second kappa shape index (κ2) is 11.7. The number of aromatic nitrogens is 3. The van der Waals surface area contributed by atoms with Crippen molar-refractivity contribution >= 4 is 36.6 Å². The smallest absolute Gasteiger partial charge is 0.421 e. The van der Waals surface area contributed by atoms with Gasteiger partial charge in [0, 0.05) is 25.9 Å². The molecule has 0 atom stereocenters. The SMILES string of the molecule is COc1cc(CP(=O)(O)O)ncc1Nc1ncc(C(F)(F)F)c(Nc2ccc(C3CCC(O)CC3)c3c2C(=O)N(C)C3)n1. The summed E-state index contributed by atoms with van der Waals surface area (Å²) in [7, 11) is -1.48. The summed E-state index contributed by atoms with van der Waals surface area (Å²) in [6, 6.07) is 4.68. The van der Waals surface area contributed by atoms with Gasteiger partial charge in [0.2, 0.25) is 5.95 Å². The number of pyridine rings is 1. The molecule has 0 bridgehead atoms. The quantitative estimate of drug-likeness (QED) is 0.221. The monoisotopic (exact) mass is 622 g/mol. The molecule has 1 saturated carbocycles. The number of benzene rings is 1. The summed E-state index contributed by atoms with van der Waals surface area (Å²) in [6.45, 7) is 0.311. The van der Waals surface area contributed by atoms with Gasteiger partial charge < -0.3 is 35.2 Å². The maximum absolute atomic E-state index is 14.0. The van der Waals surface area contributed by atoms with Crippen molar-refractivity contribution in [3.8, 4) is 5.75 Å². The minimum atomic E-state index is -4.82. The fraction of sp³-hybridized carbons (Fsp3) is 0.407. The number of fused-ring (bicyclic) bond motifs is 1. The molecule has 5 rings (SSSR count). The zero-order chi connectivity index (χ0) is 31.1. The van der Waals surface area contributed by atoms with Crippen LogP contribution in [0.4, 0.5) is 36.3 Å². The van der Waals surface area contributed by atoms with E-state index in [1.807, 2.05) is 6.07 Å². The number of carbonyl (C=O) groups excluding carboxylic acids is 1. The third-order valence-electron chi connectivity index (χ3n) is 7.55. The van der Waals surface area contributed by atoms with Gasteiger partial charge in [-0.3, -0.25) is 14.3 Å². The predicted molar refractivity (Wildman–Crippen MR) is 150 cm³/mol. The van der Waals surface area contributed by atoms with Crippen LogP contribution in [0.25, 0.3) is 0 Å². The Hall–Kier alpha value is -3.78. The molecule has 2 aliphatic rings. The number of rotatable bonds is 8. The average molecular weight is 623 g/mol. The normalized spacial score (nSPS) is 18.9. The van der Waals surface area contributed by atoms with E-state index >= 15 is 0 Å². The first-order valence-electron chi connectivity index (χ1n) is 13.4. The number of aliphatic hydroxyl groups is 1. The molecule has 16 heteroatoms. The van der Waals surface area contributed by atoms with E-state index in [0.29, 0.717) is 25.6 Å². The zero-order valence-electron chi connectivity index (χ0n) is 23.2. The standard InChI is InChI=1S/C27H30F3N6O6P/c1-36-12-18-17(14-3-5-16(37)6-4-14)7-8-20(23(18)25(36)38)33-24-19(27(28,29)30)10-32-26(35-24)34-21-11-31-15(9-22(21)42-2)13-43(39,40)41/h7-11,14,16,37H,3-6,12-13H2,1-2H3,(H2,39,40,41)(H2,32,33,34,35). The van der Waals surface area contributed by atoms with Gasteiger partial charge in [0.1, 0.15) is 22.8 Å². The number of nitrogens with zero attached hydrogens (tertiary/aromatic N) is 4. The molecule has 43 heavy (non-hydrogen) atoms. The zero-order valence-corrected chi connectivity index (χ0v) is 24.1. The van der Waals surface area contributed by atoms with Crippen molar-refractivity contribution in [3.63, 3.8) is 0 Å². The van der Waals surface area contributed by atoms with E-state index in [2.05, 4.69) is 25.6 Å². The first kappa shape index (κ1) is 30.7. The van der Waals surface area contributed by atoms with E-state index in [0.717, 1.165) is 24.0 Å². The number of aliphatic hydroxyl groups excluding tert-OH is 1. The number of hydrogen-bond donors (Lipinski definition) is 5. The van der Waals surface area contributed by atoms with E-state index < -0.39 is 31.3 Å². The predicted octanol–water partition coefficient (Wildman–Crippen LogP) is 4.67. The number of alkyl halides is 3. The molecule has 12 nitrogen and oxygen atoms in total. The van der Waals surface area contributed by atoms with Crippen LogP contribution in [-0.2, 0) is 23.4 Å². The van der Waals surface area contributed by atoms with Crippen molar-refractivity contribution in [1.82, 2.24) is 19.9 Å². The Bertz CT molecular complexity index is 1590. The Labute approximate surface area is 244 Å². The number of halogens is 3. The maximum Gasteiger partial charge on any atom is 0.421 e. The molecule has 1 aliphatic carbocycles. The molecule has 230 valence electrons. The Morgan fingerprint density at radius 3 is 2.47 bits per heavy atom. The van der Waals surface area contributed by atoms with Gasteiger partial charge in [0.05, 0.1) is 42.5 Å². The summed E-state index contributed by atoms with van der Waals surface area (Å²) in [6.07, 6.45) is -1.23. The highest BCUT2D eigenvalue weighted by Crippen LogP contribution is 2.43. The summed E-state index contributed by atoms with van der Waals surface area (Å²) >= 11 is 0. The third-order valence-corrected chi connectivity index (χ3v) is 8.28. The van der Waals surface area contributed by atoms with Gasteiger partial charge in [-0.15, -0.1) is 0 Å². The minimum Gasteiger partial charge on any atom is -0.494 e. The lowest BCUT2D eigenvalue weighted by atomic mass is 9.80. The Morgan fingerprint density at radius 1 is 1.09 bits per heavy atom. The Balaban J connectivity index is 1.50. The molecule has 5 N–H and O–H groups in total. The maximum atomic E-state index is 14.0. The Kier molecular flexibility index (Phi) is 8.36. The first-order chi connectivity index (χ1) is 20.2. The van der Waals surface area contributed by atoms with Gasteiger partial charge in [-0.05, 0) is 48.8 Å². The number of anilines is 4. The van der Waals surface area contributed by atoms with Crippen LogP contribution >= 0.6 is 7.60 Å². The number of carbonyl (C=O) groups is 1. The summed E-state index contributed by atoms with van der Waals surface area (Å²) in [4.78, 5) is 45.0. The Morgan fingerprint density at radius 2 is 1.81 bits per heavy atom. The molecular weight excluding hydrogens is 592 g/mol. The topological polar surface area (TPSA) is 170 Å². The largest absolute Gasteiger partial charge is 0.494 e. The van der Waals surface area contributed by atoms with Crippen molar-refractivity contribution in [2.75, 3.05) is 24.8 Å². The molecule has 1 fully saturated rings. The summed E-state index contributed by atoms with van der Waals surface area (Å²) in [5.74, 6) is -0.942. The van der Waals surface area contributed by atoms with E-state index in [-0.39, 0.29) is 52.3 Å². The van der Waals surface area contributed by atoms with Crippen LogP contribution in [0.2, 0.25) is 0 Å². The van der Waals surface area contributed by atoms with Gasteiger partial charge in [0.25, 0.3) is 5.91 Å². The van der Waals surface area contributed by atoms with E-state index in [4.69, 9.17) is 4.74 Å². The van der Waals surface area contributed by atoms with E-state index in [1.54, 1.807) is 13.1 Å². The number of amides is 1. The molecular formula is C27H30F3N6O6P. The van der Waals surface area contributed by atoms with Crippen molar-refractivity contribution in [2.45, 2.75) is 56.6 Å². The van der Waals surface area contributed by atoms with Crippen LogP contribution in [0.3, 0.4) is 0 Å². The average Bonchev–Trinajstić information content (AvgIpc) is 3.23. The lowest BCUT2D eigenvalue weighted by Gasteiger charge is -2.27. The van der Waals surface area contributed by atoms with Crippen molar-refractivity contribution in [2.24, 2.45) is 0 Å². The van der Waals surface area contributed by atoms with Gasteiger partial charge in [-0.2, -0.15) is 18.2 Å². The fourth-order valence-corrected chi connectivity index (χ4v) is 6.08. The number of ether oxygens (including phenoxy) is 1. The molecule has 2 aromatic heterocycles. The van der Waals surface area contributed by atoms with Crippen LogP contribution in [0.5, 0.6) is 5.75 Å². The third kappa shape index (κ3) is 6.74. The summed E-state index contributed by atoms with van der Waals surface area (Å²) in [5.41, 5.74) is 1.17. The molecule has 0 spiro atoms. The lowest BCUT2D eigenvalue weighted by molar-refractivity contribution is -0.137. The van der Waals surface area contributed by atoms with Crippen LogP contribution in [0.15, 0.2) is 30.6 Å². The highest BCUT2D eigenvalue weighted by Gasteiger charge is 2.37. The molecule has 1 aromatic carbocycles. The number of nitrogens with one attached hydrogen (secondary N) is 2. The minimum absolute atomic E-state index is 0.0442. The van der Waals surface area contributed by atoms with Crippen molar-refractivity contribution < 1.29 is 42.2 Å². The highest BCUT2D eigenvalue weighted by molar-refractivity contribution is 7.50. The molecule has 0 unspecified atom stereocenters. The van der Waals surface area contributed by atoms with E-state index in [1.165, 1.54) is 24.3 Å². The number of methoxy groups -OCH3 is 1. The van der Waals surface area contributed by atoms with Crippen LogP contribution < -0.4 is 15.4 Å². The van der Waals surface area contributed by atoms with Gasteiger partial charge in [-0.25, -0.2) is 4.98 Å². The molecule has 3 aromatic rings. The summed E-state index contributed by atoms with van der Waals surface area (Å²) in [5, 5.41) is 15.4. The summed E-state index contributed by atoms with van der Waals surface area (Å²) < 4.78 is 58.7. The molecule has 1 amide bonds. The van der Waals surface area contributed by atoms with Crippen molar-refractivity contribution in [3.05, 3.63) is 58.5 Å². The fourth-order valence-electron chi connectivity index (χ4n) is 5.48. The number of hydrogen-bond acceptors (Lipinski definition) is 9. The second-order valence-electron chi connectivity index (χ2n) is 10.6. The molecule has 0 radical (unpaired) electrons. The highest BCUT2D eigenvalue weighted by atomic mass is 31.2. The lowest BCUT2D eigenvalue weighted by Crippen LogP contribution is -2.18. The van der Waals surface area contributed by atoms with Gasteiger partial charge in [-0.1, -0.05) is 6.07 Å². The second-order valence-corrected chi connectivity index (χ2v) is 12.3. The van der Waals surface area contributed by atoms with Crippen LogP contribution in [-0.4, -0.2) is 60.9 Å². The molecule has 1 aliphatic heterocycles. The first-order valence-corrected chi connectivity index (χ1v) is 15.2. The van der Waals surface area contributed by atoms with Gasteiger partial charge >= 0.3 is 13.8 Å². The van der Waals surface area contributed by atoms with E-state index in [9.17, 15) is 37.4 Å². The van der Waals surface area contributed by atoms with Crippen LogP contribution in [0.1, 0.15) is 64.3 Å². The van der Waals surface area contributed by atoms with Crippen LogP contribution in [0, 0.1) is 0 Å².